The molecule has 2 aromatic heterocycles. The molecule has 2 N–H and O–H groups in total. The summed E-state index contributed by atoms with van der Waals surface area (Å²) in [6.07, 6.45) is 5.06. The molecule has 5 rings (SSSR count). The third-order valence-electron chi connectivity index (χ3n) is 7.75. The summed E-state index contributed by atoms with van der Waals surface area (Å²) in [5, 5.41) is 6.48. The van der Waals surface area contributed by atoms with Crippen LogP contribution in [-0.4, -0.2) is 60.0 Å². The van der Waals surface area contributed by atoms with Crippen LogP contribution < -0.4 is 10.6 Å². The molecule has 2 unspecified atom stereocenters. The summed E-state index contributed by atoms with van der Waals surface area (Å²) in [7, 11) is -3.96. The van der Waals surface area contributed by atoms with Gasteiger partial charge in [0.15, 0.2) is 16.6 Å². The van der Waals surface area contributed by atoms with Gasteiger partial charge in [0.25, 0.3) is 15.9 Å². The monoisotopic (exact) mass is 552 g/mol. The molecule has 0 bridgehead atoms. The molecule has 11 heteroatoms. The maximum Gasteiger partial charge on any atom is 0.287 e. The van der Waals surface area contributed by atoms with E-state index in [1.54, 1.807) is 24.3 Å². The number of aromatic nitrogens is 1. The van der Waals surface area contributed by atoms with Gasteiger partial charge in [-0.05, 0) is 49.4 Å². The van der Waals surface area contributed by atoms with Crippen LogP contribution in [-0.2, 0) is 19.6 Å². The fourth-order valence-corrected chi connectivity index (χ4v) is 6.81. The Morgan fingerprint density at radius 3 is 2.54 bits per heavy atom. The number of carbonyl (C=O) groups is 3. The zero-order valence-corrected chi connectivity index (χ0v) is 22.6. The van der Waals surface area contributed by atoms with E-state index in [1.165, 1.54) is 12.3 Å². The van der Waals surface area contributed by atoms with Gasteiger partial charge in [-0.25, -0.2) is 13.4 Å². The lowest BCUT2D eigenvalue weighted by Gasteiger charge is -2.38. The Hall–Kier alpha value is -3.57. The number of Topliss-reactive ketones (excluding diaryl/α,β-unsaturated/α-hetero) is 1. The van der Waals surface area contributed by atoms with Crippen molar-refractivity contribution in [2.75, 3.05) is 13.1 Å². The maximum atomic E-state index is 13.8. The molecule has 1 saturated carbocycles. The molecule has 1 aliphatic carbocycles. The van der Waals surface area contributed by atoms with Gasteiger partial charge in [0.2, 0.25) is 5.91 Å². The van der Waals surface area contributed by atoms with Crippen LogP contribution >= 0.6 is 0 Å². The van der Waals surface area contributed by atoms with Crippen LogP contribution in [0.5, 0.6) is 0 Å². The van der Waals surface area contributed by atoms with Crippen molar-refractivity contribution >= 4 is 38.6 Å². The van der Waals surface area contributed by atoms with Crippen LogP contribution in [0.4, 0.5) is 0 Å². The van der Waals surface area contributed by atoms with E-state index < -0.39 is 39.2 Å². The van der Waals surface area contributed by atoms with Crippen molar-refractivity contribution in [2.24, 2.45) is 5.92 Å². The number of fused-ring (bicyclic) bond motifs is 1. The first kappa shape index (κ1) is 27.0. The third kappa shape index (κ3) is 5.46. The normalized spacial score (nSPS) is 22.2. The number of ketones is 1. The van der Waals surface area contributed by atoms with Crippen molar-refractivity contribution in [1.29, 1.82) is 0 Å². The lowest BCUT2D eigenvalue weighted by molar-refractivity contribution is -0.133. The molecule has 206 valence electrons. The summed E-state index contributed by atoms with van der Waals surface area (Å²) in [6, 6.07) is 12.6. The molecule has 1 aromatic carbocycles. The van der Waals surface area contributed by atoms with Crippen molar-refractivity contribution in [2.45, 2.75) is 62.1 Å². The van der Waals surface area contributed by atoms with Crippen molar-refractivity contribution in [1.82, 2.24) is 19.9 Å². The van der Waals surface area contributed by atoms with Gasteiger partial charge < -0.3 is 15.1 Å². The fourth-order valence-electron chi connectivity index (χ4n) is 5.46. The fraction of sp³-hybridized carbons (Fsp3) is 0.429. The second-order valence-electron chi connectivity index (χ2n) is 10.4. The molecule has 0 spiro atoms. The summed E-state index contributed by atoms with van der Waals surface area (Å²) in [4.78, 5) is 44.3. The Kier molecular flexibility index (Phi) is 7.55. The van der Waals surface area contributed by atoms with Gasteiger partial charge in [0, 0.05) is 18.1 Å². The molecular weight excluding hydrogens is 520 g/mol. The second kappa shape index (κ2) is 10.9. The largest absolute Gasteiger partial charge is 0.451 e. The first-order valence-corrected chi connectivity index (χ1v) is 14.7. The molecule has 3 aromatic rings. The number of sulfonamides is 1. The number of hydrogen-bond acceptors (Lipinski definition) is 7. The van der Waals surface area contributed by atoms with Crippen LogP contribution in [0.15, 0.2) is 64.2 Å². The summed E-state index contributed by atoms with van der Waals surface area (Å²) in [5.41, 5.74) is -0.617. The average Bonchev–Trinajstić information content (AvgIpc) is 3.33. The van der Waals surface area contributed by atoms with Crippen molar-refractivity contribution < 1.29 is 27.2 Å². The minimum Gasteiger partial charge on any atom is -0.451 e. The van der Waals surface area contributed by atoms with Crippen LogP contribution in [0.25, 0.3) is 11.0 Å². The number of pyridine rings is 1. The lowest BCUT2D eigenvalue weighted by atomic mass is 9.80. The smallest absolute Gasteiger partial charge is 0.287 e. The van der Waals surface area contributed by atoms with E-state index in [9.17, 15) is 22.8 Å². The van der Waals surface area contributed by atoms with E-state index in [1.807, 2.05) is 25.1 Å². The molecule has 2 atom stereocenters. The van der Waals surface area contributed by atoms with Crippen LogP contribution in [0.1, 0.15) is 56.0 Å². The maximum absolute atomic E-state index is 13.8. The van der Waals surface area contributed by atoms with E-state index >= 15 is 0 Å². The number of hydrogen-bond donors (Lipinski definition) is 2. The Bertz CT molecular complexity index is 1450. The molecule has 2 aliphatic rings. The topological polar surface area (TPSA) is 139 Å². The number of nitrogens with zero attached hydrogens (tertiary/aromatic N) is 2. The molecule has 10 nitrogen and oxygen atoms in total. The first-order valence-electron chi connectivity index (χ1n) is 13.3. The van der Waals surface area contributed by atoms with E-state index in [0.29, 0.717) is 24.8 Å². The summed E-state index contributed by atoms with van der Waals surface area (Å²) >= 11 is 0. The Morgan fingerprint density at radius 1 is 1.08 bits per heavy atom. The van der Waals surface area contributed by atoms with Crippen molar-refractivity contribution in [3.05, 3.63) is 60.5 Å². The van der Waals surface area contributed by atoms with Gasteiger partial charge in [-0.2, -0.15) is 4.31 Å². The molecule has 2 fully saturated rings. The standard InChI is InChI=1S/C28H32N4O6S/c1-19-12-16-32(39(36,37)24-11-5-8-15-29-24)18-21(33)25(19)30-27(35)28(13-6-2-7-14-28)31-26(34)23-17-20-9-3-4-10-22(20)38-23/h3-5,8-11,15,17,19,25H,2,6-7,12-14,16,18H2,1H3,(H,30,35)(H,31,34). The number of nitrogens with one attached hydrogen (secondary N) is 2. The Morgan fingerprint density at radius 2 is 1.82 bits per heavy atom. The van der Waals surface area contributed by atoms with E-state index in [2.05, 4.69) is 15.6 Å². The highest BCUT2D eigenvalue weighted by Crippen LogP contribution is 2.31. The Labute approximate surface area is 227 Å². The summed E-state index contributed by atoms with van der Waals surface area (Å²) in [6.45, 7) is 1.58. The van der Waals surface area contributed by atoms with Crippen molar-refractivity contribution in [3.8, 4) is 0 Å². The number of amides is 2. The first-order chi connectivity index (χ1) is 18.7. The number of benzene rings is 1. The van der Waals surface area contributed by atoms with Gasteiger partial charge in [-0.15, -0.1) is 0 Å². The highest BCUT2D eigenvalue weighted by molar-refractivity contribution is 7.89. The molecule has 1 aliphatic heterocycles. The van der Waals surface area contributed by atoms with Crippen LogP contribution in [0, 0.1) is 5.92 Å². The summed E-state index contributed by atoms with van der Waals surface area (Å²) in [5.74, 6) is -1.52. The van der Waals surface area contributed by atoms with Gasteiger partial charge in [0.05, 0.1) is 12.6 Å². The molecule has 1 saturated heterocycles. The third-order valence-corrected chi connectivity index (χ3v) is 9.52. The Balaban J connectivity index is 1.33. The number of carbonyl (C=O) groups excluding carboxylic acids is 3. The average molecular weight is 553 g/mol. The number of para-hydroxylation sites is 1. The van der Waals surface area contributed by atoms with E-state index in [0.717, 1.165) is 29.0 Å². The zero-order valence-electron chi connectivity index (χ0n) is 21.8. The van der Waals surface area contributed by atoms with Gasteiger partial charge in [0.1, 0.15) is 11.1 Å². The zero-order chi connectivity index (χ0) is 27.6. The predicted octanol–water partition coefficient (Wildman–Crippen LogP) is 3.05. The molecule has 3 heterocycles. The van der Waals surface area contributed by atoms with Crippen LogP contribution in [0.3, 0.4) is 0 Å². The van der Waals surface area contributed by atoms with Crippen molar-refractivity contribution in [3.63, 3.8) is 0 Å². The van der Waals surface area contributed by atoms with E-state index in [4.69, 9.17) is 4.42 Å². The predicted molar refractivity (Wildman–Crippen MR) is 143 cm³/mol. The molecule has 2 amide bonds. The quantitative estimate of drug-likeness (QED) is 0.479. The molecule has 0 radical (unpaired) electrons. The highest BCUT2D eigenvalue weighted by Gasteiger charge is 2.44. The number of rotatable bonds is 6. The molecule has 39 heavy (non-hydrogen) atoms. The summed E-state index contributed by atoms with van der Waals surface area (Å²) < 4.78 is 33.1. The lowest BCUT2D eigenvalue weighted by Crippen LogP contribution is -2.62. The minimum atomic E-state index is -3.96. The van der Waals surface area contributed by atoms with Gasteiger partial charge >= 0.3 is 0 Å². The molecular formula is C28H32N4O6S. The number of furan rings is 1. The SMILES string of the molecule is CC1CCN(S(=O)(=O)c2ccccn2)CC(=O)C1NC(=O)C1(NC(=O)c2cc3ccccc3o2)CCCCC1. The minimum absolute atomic E-state index is 0.114. The van der Waals surface area contributed by atoms with Gasteiger partial charge in [-0.3, -0.25) is 14.4 Å². The van der Waals surface area contributed by atoms with E-state index in [-0.39, 0.29) is 29.8 Å². The van der Waals surface area contributed by atoms with Crippen LogP contribution in [0.2, 0.25) is 0 Å². The second-order valence-corrected chi connectivity index (χ2v) is 12.3. The van der Waals surface area contributed by atoms with Gasteiger partial charge in [-0.1, -0.05) is 50.5 Å². The highest BCUT2D eigenvalue weighted by atomic mass is 32.2.